The summed E-state index contributed by atoms with van der Waals surface area (Å²) in [6, 6.07) is 43.1. The van der Waals surface area contributed by atoms with E-state index in [0.29, 0.717) is 5.69 Å². The predicted molar refractivity (Wildman–Crippen MR) is 159 cm³/mol. The second kappa shape index (κ2) is 10.5. The van der Waals surface area contributed by atoms with E-state index >= 15 is 0 Å². The first-order valence-electron chi connectivity index (χ1n) is 13.6. The molecule has 0 radical (unpaired) electrons. The van der Waals surface area contributed by atoms with Crippen LogP contribution in [0.4, 0.5) is 0 Å². The van der Waals surface area contributed by atoms with Gasteiger partial charge in [0.05, 0.1) is 18.3 Å². The molecule has 2 heterocycles. The number of furan rings is 1. The first kappa shape index (κ1) is 25.6. The van der Waals surface area contributed by atoms with E-state index in [-0.39, 0.29) is 5.92 Å². The molecule has 1 N–H and O–H groups in total. The molecule has 6 rings (SSSR count). The van der Waals surface area contributed by atoms with Gasteiger partial charge in [-0.1, -0.05) is 123 Å². The van der Waals surface area contributed by atoms with Gasteiger partial charge in [0.15, 0.2) is 0 Å². The van der Waals surface area contributed by atoms with E-state index in [1.807, 2.05) is 81.0 Å². The molecule has 0 amide bonds. The van der Waals surface area contributed by atoms with Crippen LogP contribution in [0, 0.1) is 5.92 Å². The maximum Gasteiger partial charge on any atom is 0.135 e. The Bertz CT molecular complexity index is 1580. The van der Waals surface area contributed by atoms with Crippen molar-refractivity contribution in [3.63, 3.8) is 0 Å². The van der Waals surface area contributed by atoms with E-state index in [1.54, 1.807) is 6.26 Å². The highest BCUT2D eigenvalue weighted by Crippen LogP contribution is 2.43. The minimum Gasteiger partial charge on any atom is -0.464 e. The summed E-state index contributed by atoms with van der Waals surface area (Å²) in [6.07, 6.45) is 5.52. The molecule has 2 aromatic heterocycles. The Morgan fingerprint density at radius 1 is 0.675 bits per heavy atom. The summed E-state index contributed by atoms with van der Waals surface area (Å²) in [5, 5.41) is 12.4. The molecule has 198 valence electrons. The normalized spacial score (nSPS) is 13.3. The molecule has 0 saturated heterocycles. The molecule has 0 aliphatic rings. The van der Waals surface area contributed by atoms with Crippen molar-refractivity contribution in [1.82, 2.24) is 9.55 Å². The smallest absolute Gasteiger partial charge is 0.135 e. The van der Waals surface area contributed by atoms with E-state index < -0.39 is 11.1 Å². The van der Waals surface area contributed by atoms with Crippen LogP contribution in [0.5, 0.6) is 0 Å². The van der Waals surface area contributed by atoms with Crippen LogP contribution in [-0.2, 0) is 11.1 Å². The second-order valence-corrected chi connectivity index (χ2v) is 10.5. The van der Waals surface area contributed by atoms with Crippen molar-refractivity contribution in [2.75, 3.05) is 0 Å². The largest absolute Gasteiger partial charge is 0.464 e. The van der Waals surface area contributed by atoms with Crippen molar-refractivity contribution >= 4 is 0 Å². The number of benzene rings is 4. The van der Waals surface area contributed by atoms with Crippen LogP contribution >= 0.6 is 0 Å². The number of hydrogen-bond acceptors (Lipinski definition) is 3. The standard InChI is InChI=1S/C36H32N2O2/c1-27(2)36(39,32-21-12-14-28(24-32)33-22-13-23-40-33)34-25-38(26-37-34)35(29-15-6-3-7-16-29,30-17-8-4-9-18-30)31-19-10-5-11-20-31/h3-27,39H,1-2H3. The molecule has 40 heavy (non-hydrogen) atoms. The average Bonchev–Trinajstić information content (AvgIpc) is 3.73. The van der Waals surface area contributed by atoms with Crippen LogP contribution in [0.15, 0.2) is 151 Å². The van der Waals surface area contributed by atoms with Crippen molar-refractivity contribution in [2.45, 2.75) is 25.0 Å². The number of aliphatic hydroxyl groups is 1. The van der Waals surface area contributed by atoms with Gasteiger partial charge in [-0.15, -0.1) is 0 Å². The summed E-state index contributed by atoms with van der Waals surface area (Å²) in [4.78, 5) is 4.91. The molecule has 4 nitrogen and oxygen atoms in total. The van der Waals surface area contributed by atoms with Crippen LogP contribution in [0.3, 0.4) is 0 Å². The van der Waals surface area contributed by atoms with Crippen LogP contribution in [0.1, 0.15) is 41.8 Å². The number of rotatable bonds is 8. The third kappa shape index (κ3) is 4.18. The fraction of sp³-hybridized carbons (Fsp3) is 0.139. The van der Waals surface area contributed by atoms with E-state index in [1.165, 1.54) is 0 Å². The summed E-state index contributed by atoms with van der Waals surface area (Å²) >= 11 is 0. The van der Waals surface area contributed by atoms with Crippen LogP contribution in [-0.4, -0.2) is 14.7 Å². The van der Waals surface area contributed by atoms with E-state index in [9.17, 15) is 5.11 Å². The lowest BCUT2D eigenvalue weighted by Crippen LogP contribution is -2.37. The zero-order valence-electron chi connectivity index (χ0n) is 22.7. The van der Waals surface area contributed by atoms with Gasteiger partial charge in [-0.3, -0.25) is 0 Å². The average molecular weight is 525 g/mol. The molecule has 6 aromatic rings. The van der Waals surface area contributed by atoms with Gasteiger partial charge in [-0.2, -0.15) is 0 Å². The predicted octanol–water partition coefficient (Wildman–Crippen LogP) is 7.88. The van der Waals surface area contributed by atoms with Crippen molar-refractivity contribution in [3.05, 3.63) is 174 Å². The lowest BCUT2D eigenvalue weighted by molar-refractivity contribution is 0.0278. The van der Waals surface area contributed by atoms with Crippen LogP contribution < -0.4 is 0 Å². The summed E-state index contributed by atoms with van der Waals surface area (Å²) < 4.78 is 7.79. The Hall–Kier alpha value is -4.67. The molecule has 1 unspecified atom stereocenters. The summed E-state index contributed by atoms with van der Waals surface area (Å²) in [7, 11) is 0. The quantitative estimate of drug-likeness (QED) is 0.206. The molecule has 4 aromatic carbocycles. The summed E-state index contributed by atoms with van der Waals surface area (Å²) in [5.41, 5.74) is 3.54. The molecule has 1 atom stereocenters. The zero-order chi connectivity index (χ0) is 27.6. The highest BCUT2D eigenvalue weighted by Gasteiger charge is 2.42. The van der Waals surface area contributed by atoms with Crippen molar-refractivity contribution in [1.29, 1.82) is 0 Å². The maximum atomic E-state index is 12.4. The molecule has 0 aliphatic carbocycles. The topological polar surface area (TPSA) is 51.2 Å². The lowest BCUT2D eigenvalue weighted by Gasteiger charge is -2.37. The molecule has 0 aliphatic heterocycles. The van der Waals surface area contributed by atoms with Gasteiger partial charge >= 0.3 is 0 Å². The van der Waals surface area contributed by atoms with Crippen molar-refractivity contribution in [3.8, 4) is 11.3 Å². The minimum absolute atomic E-state index is 0.151. The Kier molecular flexibility index (Phi) is 6.71. The van der Waals surface area contributed by atoms with Gasteiger partial charge in [0, 0.05) is 11.8 Å². The molecule has 0 saturated carbocycles. The van der Waals surface area contributed by atoms with Crippen LogP contribution in [0.25, 0.3) is 11.3 Å². The summed E-state index contributed by atoms with van der Waals surface area (Å²) in [6.45, 7) is 4.05. The van der Waals surface area contributed by atoms with E-state index in [0.717, 1.165) is 33.6 Å². The van der Waals surface area contributed by atoms with Gasteiger partial charge in [-0.25, -0.2) is 4.98 Å². The van der Waals surface area contributed by atoms with Crippen molar-refractivity contribution in [2.24, 2.45) is 5.92 Å². The molecule has 0 fully saturated rings. The van der Waals surface area contributed by atoms with Gasteiger partial charge in [-0.05, 0) is 46.4 Å². The molecule has 4 heteroatoms. The first-order chi connectivity index (χ1) is 19.5. The Labute approximate surface area is 235 Å². The molecule has 0 bridgehead atoms. The Morgan fingerprint density at radius 3 is 1.73 bits per heavy atom. The Morgan fingerprint density at radius 2 is 1.23 bits per heavy atom. The molecular formula is C36H32N2O2. The lowest BCUT2D eigenvalue weighted by atomic mass is 9.76. The van der Waals surface area contributed by atoms with Gasteiger partial charge in [0.1, 0.15) is 16.9 Å². The third-order valence-electron chi connectivity index (χ3n) is 7.88. The highest BCUT2D eigenvalue weighted by atomic mass is 16.3. The third-order valence-corrected chi connectivity index (χ3v) is 7.88. The van der Waals surface area contributed by atoms with Crippen molar-refractivity contribution < 1.29 is 9.52 Å². The zero-order valence-corrected chi connectivity index (χ0v) is 22.7. The van der Waals surface area contributed by atoms with E-state index in [2.05, 4.69) is 77.4 Å². The van der Waals surface area contributed by atoms with E-state index in [4.69, 9.17) is 9.40 Å². The number of aromatic nitrogens is 2. The van der Waals surface area contributed by atoms with Gasteiger partial charge in [0.25, 0.3) is 0 Å². The number of imidazole rings is 1. The van der Waals surface area contributed by atoms with Gasteiger partial charge < -0.3 is 14.1 Å². The Balaban J connectivity index is 1.58. The highest BCUT2D eigenvalue weighted by molar-refractivity contribution is 5.59. The SMILES string of the molecule is CC(C)C(O)(c1cccc(-c2ccco2)c1)c1cn(C(c2ccccc2)(c2ccccc2)c2ccccc2)cn1. The maximum absolute atomic E-state index is 12.4. The molecule has 0 spiro atoms. The number of hydrogen-bond donors (Lipinski definition) is 1. The molecular weight excluding hydrogens is 492 g/mol. The second-order valence-electron chi connectivity index (χ2n) is 10.5. The number of nitrogens with zero attached hydrogens (tertiary/aromatic N) is 2. The minimum atomic E-state index is -1.33. The fourth-order valence-corrected chi connectivity index (χ4v) is 5.82. The fourth-order valence-electron chi connectivity index (χ4n) is 5.82. The monoisotopic (exact) mass is 524 g/mol. The van der Waals surface area contributed by atoms with Crippen LogP contribution in [0.2, 0.25) is 0 Å². The summed E-state index contributed by atoms with van der Waals surface area (Å²) in [5.74, 6) is 0.608. The van der Waals surface area contributed by atoms with Gasteiger partial charge in [0.2, 0.25) is 0 Å². The first-order valence-corrected chi connectivity index (χ1v) is 13.6.